The van der Waals surface area contributed by atoms with Gasteiger partial charge in [0.05, 0.1) is 12.7 Å². The molecule has 4 heteroatoms. The van der Waals surface area contributed by atoms with Gasteiger partial charge >= 0.3 is 0 Å². The van der Waals surface area contributed by atoms with Crippen molar-refractivity contribution in [2.24, 2.45) is 0 Å². The first-order chi connectivity index (χ1) is 12.0. The van der Waals surface area contributed by atoms with E-state index < -0.39 is 0 Å². The third-order valence-corrected chi connectivity index (χ3v) is 4.58. The zero-order chi connectivity index (χ0) is 18.4. The second-order valence-corrected chi connectivity index (χ2v) is 6.41. The predicted molar refractivity (Wildman–Crippen MR) is 106 cm³/mol. The molecule has 0 spiro atoms. The highest BCUT2D eigenvalue weighted by atomic mass is 32.1. The van der Waals surface area contributed by atoms with Crippen molar-refractivity contribution in [3.8, 4) is 17.2 Å². The average Bonchev–Trinajstić information content (AvgIpc) is 2.62. The predicted octanol–water partition coefficient (Wildman–Crippen LogP) is 5.57. The van der Waals surface area contributed by atoms with E-state index in [0.29, 0.717) is 23.8 Å². The fraction of sp³-hybridized carbons (Fsp3) is 0.381. The van der Waals surface area contributed by atoms with Crippen molar-refractivity contribution in [3.05, 3.63) is 52.6 Å². The van der Waals surface area contributed by atoms with Gasteiger partial charge in [0.1, 0.15) is 23.9 Å². The average molecular weight is 359 g/mol. The summed E-state index contributed by atoms with van der Waals surface area (Å²) < 4.78 is 17.4. The molecule has 0 atom stereocenters. The van der Waals surface area contributed by atoms with Crippen LogP contribution in [-0.2, 0) is 13.0 Å². The van der Waals surface area contributed by atoms with E-state index in [1.165, 1.54) is 11.1 Å². The van der Waals surface area contributed by atoms with E-state index in [0.717, 1.165) is 29.0 Å². The lowest BCUT2D eigenvalue weighted by Gasteiger charge is -2.17. The van der Waals surface area contributed by atoms with E-state index in [4.69, 9.17) is 26.4 Å². The van der Waals surface area contributed by atoms with Crippen molar-refractivity contribution >= 4 is 17.3 Å². The van der Waals surface area contributed by atoms with Crippen molar-refractivity contribution in [1.82, 2.24) is 0 Å². The molecule has 0 aliphatic heterocycles. The number of aryl methyl sites for hydroxylation is 3. The molecule has 0 aliphatic rings. The van der Waals surface area contributed by atoms with Crippen LogP contribution in [0.1, 0.15) is 42.5 Å². The molecule has 0 saturated carbocycles. The fourth-order valence-electron chi connectivity index (χ4n) is 2.71. The van der Waals surface area contributed by atoms with E-state index in [1.54, 1.807) is 7.11 Å². The summed E-state index contributed by atoms with van der Waals surface area (Å²) in [6, 6.07) is 9.97. The minimum Gasteiger partial charge on any atom is -0.496 e. The fourth-order valence-corrected chi connectivity index (χ4v) is 2.80. The molecule has 2 aromatic carbocycles. The van der Waals surface area contributed by atoms with Crippen molar-refractivity contribution < 1.29 is 14.2 Å². The Morgan fingerprint density at radius 1 is 1.00 bits per heavy atom. The Bertz CT molecular complexity index is 753. The maximum Gasteiger partial charge on any atom is 0.167 e. The molecule has 0 heterocycles. The maximum absolute atomic E-state index is 6.10. The van der Waals surface area contributed by atoms with Crippen LogP contribution < -0.4 is 14.2 Å². The minimum atomic E-state index is 0.359. The van der Waals surface area contributed by atoms with Gasteiger partial charge in [-0.15, -0.1) is 0 Å². The normalized spacial score (nSPS) is 10.4. The van der Waals surface area contributed by atoms with Crippen LogP contribution in [0.2, 0.25) is 0 Å². The van der Waals surface area contributed by atoms with E-state index in [2.05, 4.69) is 32.9 Å². The van der Waals surface area contributed by atoms with Crippen LogP contribution in [0.5, 0.6) is 17.2 Å². The topological polar surface area (TPSA) is 27.7 Å². The molecule has 0 aliphatic carbocycles. The number of hydrogen-bond acceptors (Lipinski definition) is 4. The molecule has 2 aromatic rings. The lowest BCUT2D eigenvalue weighted by Crippen LogP contribution is -2.08. The van der Waals surface area contributed by atoms with Gasteiger partial charge in [-0.25, -0.2) is 0 Å². The van der Waals surface area contributed by atoms with Gasteiger partial charge < -0.3 is 14.2 Å². The first-order valence-electron chi connectivity index (χ1n) is 8.59. The zero-order valence-corrected chi connectivity index (χ0v) is 16.5. The molecule has 25 heavy (non-hydrogen) atoms. The summed E-state index contributed by atoms with van der Waals surface area (Å²) in [6.07, 6.45) is 1.70. The second-order valence-electron chi connectivity index (χ2n) is 5.95. The van der Waals surface area contributed by atoms with Gasteiger partial charge in [0, 0.05) is 6.42 Å². The van der Waals surface area contributed by atoms with Crippen LogP contribution in [-0.4, -0.2) is 12.2 Å². The number of thiocarbonyl (C=S) groups is 1. The van der Waals surface area contributed by atoms with Gasteiger partial charge in [-0.3, -0.25) is 0 Å². The summed E-state index contributed by atoms with van der Waals surface area (Å²) in [4.78, 5) is 0. The van der Waals surface area contributed by atoms with E-state index >= 15 is 0 Å². The minimum absolute atomic E-state index is 0.359. The summed E-state index contributed by atoms with van der Waals surface area (Å²) in [5, 5.41) is 0.550. The molecular weight excluding hydrogens is 332 g/mol. The lowest BCUT2D eigenvalue weighted by atomic mass is 10.0. The number of methoxy groups -OCH3 is 1. The number of rotatable bonds is 7. The highest BCUT2D eigenvalue weighted by Crippen LogP contribution is 2.31. The van der Waals surface area contributed by atoms with Gasteiger partial charge in [-0.2, -0.15) is 0 Å². The molecular formula is C21H26O3S. The highest BCUT2D eigenvalue weighted by Gasteiger charge is 2.14. The maximum atomic E-state index is 6.10. The van der Waals surface area contributed by atoms with Crippen molar-refractivity contribution in [1.29, 1.82) is 0 Å². The third-order valence-electron chi connectivity index (χ3n) is 4.21. The highest BCUT2D eigenvalue weighted by molar-refractivity contribution is 7.80. The Kier molecular flexibility index (Phi) is 6.82. The Morgan fingerprint density at radius 2 is 1.72 bits per heavy atom. The van der Waals surface area contributed by atoms with Crippen LogP contribution in [0, 0.1) is 13.8 Å². The number of hydrogen-bond donors (Lipinski definition) is 0. The molecule has 3 nitrogen and oxygen atoms in total. The first kappa shape index (κ1) is 19.3. The smallest absolute Gasteiger partial charge is 0.167 e. The van der Waals surface area contributed by atoms with E-state index in [1.807, 2.05) is 25.1 Å². The quantitative estimate of drug-likeness (QED) is 0.605. The molecule has 0 radical (unpaired) electrons. The van der Waals surface area contributed by atoms with E-state index in [9.17, 15) is 0 Å². The van der Waals surface area contributed by atoms with Gasteiger partial charge in [0.2, 0.25) is 0 Å². The summed E-state index contributed by atoms with van der Waals surface area (Å²) >= 11 is 5.22. The van der Waals surface area contributed by atoms with Crippen molar-refractivity contribution in [3.63, 3.8) is 0 Å². The molecule has 0 unspecified atom stereocenters. The molecule has 0 N–H and O–H groups in total. The summed E-state index contributed by atoms with van der Waals surface area (Å²) in [5.41, 5.74) is 4.58. The number of ether oxygens (including phenoxy) is 3. The van der Waals surface area contributed by atoms with Crippen LogP contribution in [0.4, 0.5) is 0 Å². The summed E-state index contributed by atoms with van der Waals surface area (Å²) in [7, 11) is 1.65. The largest absolute Gasteiger partial charge is 0.496 e. The number of benzene rings is 2. The molecule has 0 aromatic heterocycles. The van der Waals surface area contributed by atoms with Crippen LogP contribution in [0.25, 0.3) is 0 Å². The van der Waals surface area contributed by atoms with Crippen LogP contribution in [0.15, 0.2) is 30.3 Å². The Labute approximate surface area is 155 Å². The SMILES string of the molecule is CCC(=S)Oc1cccc(OC)c1COc1cc(C)c(CC)cc1C. The third kappa shape index (κ3) is 4.73. The van der Waals surface area contributed by atoms with Crippen LogP contribution in [0.3, 0.4) is 0 Å². The monoisotopic (exact) mass is 358 g/mol. The Hall–Kier alpha value is -2.07. The van der Waals surface area contributed by atoms with Gasteiger partial charge in [0.25, 0.3) is 0 Å². The standard InChI is InChI=1S/C21H26O3S/c1-6-16-11-15(4)20(12-14(16)3)23-13-17-18(22-5)9-8-10-19(17)24-21(25)7-2/h8-12H,6-7,13H2,1-5H3. The molecule has 2 rings (SSSR count). The van der Waals surface area contributed by atoms with Gasteiger partial charge in [-0.05, 0) is 67.4 Å². The molecule has 0 bridgehead atoms. The van der Waals surface area contributed by atoms with Gasteiger partial charge in [-0.1, -0.05) is 26.0 Å². The molecule has 134 valence electrons. The second kappa shape index (κ2) is 8.86. The molecule has 0 fully saturated rings. The molecule has 0 amide bonds. The Morgan fingerprint density at radius 3 is 2.36 bits per heavy atom. The zero-order valence-electron chi connectivity index (χ0n) is 15.6. The molecule has 0 saturated heterocycles. The van der Waals surface area contributed by atoms with Gasteiger partial charge in [0.15, 0.2) is 5.05 Å². The summed E-state index contributed by atoms with van der Waals surface area (Å²) in [5.74, 6) is 2.30. The Balaban J connectivity index is 2.28. The summed E-state index contributed by atoms with van der Waals surface area (Å²) in [6.45, 7) is 8.68. The first-order valence-corrected chi connectivity index (χ1v) is 9.00. The van der Waals surface area contributed by atoms with Crippen molar-refractivity contribution in [2.75, 3.05) is 7.11 Å². The van der Waals surface area contributed by atoms with Crippen LogP contribution >= 0.6 is 12.2 Å². The van der Waals surface area contributed by atoms with Crippen molar-refractivity contribution in [2.45, 2.75) is 47.1 Å². The lowest BCUT2D eigenvalue weighted by molar-refractivity contribution is 0.290. The van der Waals surface area contributed by atoms with E-state index in [-0.39, 0.29) is 0 Å².